The normalized spacial score (nSPS) is 10.5. The molecule has 0 amide bonds. The van der Waals surface area contributed by atoms with Crippen molar-refractivity contribution in [2.24, 2.45) is 0 Å². The molecule has 0 bridgehead atoms. The quantitative estimate of drug-likeness (QED) is 0.781. The van der Waals surface area contributed by atoms with E-state index in [1.807, 2.05) is 25.1 Å². The highest BCUT2D eigenvalue weighted by Gasteiger charge is 2.13. The summed E-state index contributed by atoms with van der Waals surface area (Å²) in [5.74, 6) is 2.19. The molecule has 0 fully saturated rings. The van der Waals surface area contributed by atoms with E-state index in [1.54, 1.807) is 14.2 Å². The van der Waals surface area contributed by atoms with E-state index in [9.17, 15) is 0 Å². The maximum Gasteiger partial charge on any atom is 0.136 e. The number of hydrogen-bond donors (Lipinski definition) is 0. The van der Waals surface area contributed by atoms with Gasteiger partial charge < -0.3 is 9.47 Å². The van der Waals surface area contributed by atoms with Gasteiger partial charge in [-0.25, -0.2) is 9.97 Å². The number of aromatic nitrogens is 2. The Kier molecular flexibility index (Phi) is 5.02. The smallest absolute Gasteiger partial charge is 0.136 e. The first-order valence-corrected chi connectivity index (χ1v) is 7.23. The molecule has 0 aliphatic heterocycles. The molecule has 0 aliphatic rings. The van der Waals surface area contributed by atoms with Crippen LogP contribution in [0.25, 0.3) is 11.3 Å². The fourth-order valence-corrected chi connectivity index (χ4v) is 2.28. The van der Waals surface area contributed by atoms with E-state index in [-0.39, 0.29) is 0 Å². The Morgan fingerprint density at radius 2 is 1.67 bits per heavy atom. The van der Waals surface area contributed by atoms with Gasteiger partial charge in [-0.2, -0.15) is 0 Å². The molecule has 0 radical (unpaired) electrons. The lowest BCUT2D eigenvalue weighted by Gasteiger charge is -2.12. The Labute approximate surface area is 130 Å². The van der Waals surface area contributed by atoms with Gasteiger partial charge in [-0.15, -0.1) is 0 Å². The molecule has 0 spiro atoms. The van der Waals surface area contributed by atoms with Gasteiger partial charge in [0.25, 0.3) is 0 Å². The zero-order valence-corrected chi connectivity index (χ0v) is 13.5. The van der Waals surface area contributed by atoms with Crippen LogP contribution in [0.1, 0.15) is 24.7 Å². The van der Waals surface area contributed by atoms with E-state index in [0.29, 0.717) is 5.15 Å². The topological polar surface area (TPSA) is 44.2 Å². The van der Waals surface area contributed by atoms with Crippen LogP contribution in [-0.2, 0) is 6.42 Å². The third-order valence-electron chi connectivity index (χ3n) is 3.23. The number of hydrogen-bond acceptors (Lipinski definition) is 4. The molecule has 0 atom stereocenters. The first-order valence-electron chi connectivity index (χ1n) is 6.85. The van der Waals surface area contributed by atoms with Crippen molar-refractivity contribution in [3.63, 3.8) is 0 Å². The highest BCUT2D eigenvalue weighted by atomic mass is 35.5. The Morgan fingerprint density at radius 3 is 2.19 bits per heavy atom. The number of halogens is 1. The minimum absolute atomic E-state index is 0.491. The van der Waals surface area contributed by atoms with Crippen LogP contribution in [0.5, 0.6) is 11.5 Å². The van der Waals surface area contributed by atoms with Crippen molar-refractivity contribution in [2.45, 2.75) is 26.7 Å². The van der Waals surface area contributed by atoms with Crippen molar-refractivity contribution in [2.75, 3.05) is 14.2 Å². The maximum absolute atomic E-state index is 6.24. The molecule has 5 heteroatoms. The van der Waals surface area contributed by atoms with E-state index in [4.69, 9.17) is 21.1 Å². The number of methoxy groups -OCH3 is 2. The summed E-state index contributed by atoms with van der Waals surface area (Å²) in [7, 11) is 3.25. The standard InChI is InChI=1S/C16H19ClN2O2/c1-5-6-14-18-15(10(2)16(17)19-14)11-7-12(20-3)9-13(8-11)21-4/h7-9H,5-6H2,1-4H3. The second kappa shape index (κ2) is 6.76. The van der Waals surface area contributed by atoms with Crippen molar-refractivity contribution in [3.8, 4) is 22.8 Å². The second-order valence-electron chi connectivity index (χ2n) is 4.76. The van der Waals surface area contributed by atoms with Crippen LogP contribution in [0.15, 0.2) is 18.2 Å². The SMILES string of the molecule is CCCc1nc(Cl)c(C)c(-c2cc(OC)cc(OC)c2)n1. The minimum Gasteiger partial charge on any atom is -0.497 e. The average Bonchev–Trinajstić information content (AvgIpc) is 2.50. The summed E-state index contributed by atoms with van der Waals surface area (Å²) < 4.78 is 10.6. The summed E-state index contributed by atoms with van der Waals surface area (Å²) in [5, 5.41) is 0.491. The van der Waals surface area contributed by atoms with Crippen LogP contribution in [0.2, 0.25) is 5.15 Å². The lowest BCUT2D eigenvalue weighted by Crippen LogP contribution is -2.01. The highest BCUT2D eigenvalue weighted by Crippen LogP contribution is 2.32. The zero-order chi connectivity index (χ0) is 15.4. The van der Waals surface area contributed by atoms with Crippen LogP contribution >= 0.6 is 11.6 Å². The molecule has 1 aromatic heterocycles. The van der Waals surface area contributed by atoms with Gasteiger partial charge in [0, 0.05) is 23.6 Å². The molecule has 0 unspecified atom stereocenters. The number of nitrogens with zero attached hydrogens (tertiary/aromatic N) is 2. The molecule has 1 aromatic carbocycles. The molecule has 0 saturated carbocycles. The second-order valence-corrected chi connectivity index (χ2v) is 5.11. The summed E-state index contributed by atoms with van der Waals surface area (Å²) in [6, 6.07) is 5.67. The number of ether oxygens (including phenoxy) is 2. The third-order valence-corrected chi connectivity index (χ3v) is 3.60. The van der Waals surface area contributed by atoms with Gasteiger partial charge in [0.1, 0.15) is 22.5 Å². The van der Waals surface area contributed by atoms with Crippen molar-refractivity contribution in [1.82, 2.24) is 9.97 Å². The molecule has 4 nitrogen and oxygen atoms in total. The van der Waals surface area contributed by atoms with Crippen molar-refractivity contribution in [1.29, 1.82) is 0 Å². The van der Waals surface area contributed by atoms with E-state index < -0.39 is 0 Å². The van der Waals surface area contributed by atoms with E-state index in [0.717, 1.165) is 47.0 Å². The van der Waals surface area contributed by atoms with Crippen molar-refractivity contribution < 1.29 is 9.47 Å². The van der Waals surface area contributed by atoms with E-state index in [1.165, 1.54) is 0 Å². The lowest BCUT2D eigenvalue weighted by molar-refractivity contribution is 0.394. The summed E-state index contributed by atoms with van der Waals surface area (Å²) >= 11 is 6.24. The maximum atomic E-state index is 6.24. The summed E-state index contributed by atoms with van der Waals surface area (Å²) in [6.45, 7) is 4.00. The molecule has 2 aromatic rings. The first-order chi connectivity index (χ1) is 10.1. The van der Waals surface area contributed by atoms with Gasteiger partial charge in [-0.1, -0.05) is 18.5 Å². The minimum atomic E-state index is 0.491. The van der Waals surface area contributed by atoms with Gasteiger partial charge in [0.05, 0.1) is 19.9 Å². The van der Waals surface area contributed by atoms with E-state index >= 15 is 0 Å². The fourth-order valence-electron chi connectivity index (χ4n) is 2.09. The van der Waals surface area contributed by atoms with Crippen LogP contribution in [0.3, 0.4) is 0 Å². The molecule has 2 rings (SSSR count). The van der Waals surface area contributed by atoms with Gasteiger partial charge in [-0.3, -0.25) is 0 Å². The molecule has 0 aliphatic carbocycles. The highest BCUT2D eigenvalue weighted by molar-refractivity contribution is 6.30. The molecule has 112 valence electrons. The van der Waals surface area contributed by atoms with Gasteiger partial charge in [-0.05, 0) is 25.5 Å². The predicted molar refractivity (Wildman–Crippen MR) is 84.3 cm³/mol. The molecule has 0 N–H and O–H groups in total. The number of aryl methyl sites for hydroxylation is 1. The third kappa shape index (κ3) is 3.45. The Hall–Kier alpha value is -1.81. The summed E-state index contributed by atoms with van der Waals surface area (Å²) in [5.41, 5.74) is 2.58. The monoisotopic (exact) mass is 306 g/mol. The van der Waals surface area contributed by atoms with Crippen LogP contribution in [0.4, 0.5) is 0 Å². The van der Waals surface area contributed by atoms with Crippen LogP contribution in [-0.4, -0.2) is 24.2 Å². The Morgan fingerprint density at radius 1 is 1.05 bits per heavy atom. The lowest BCUT2D eigenvalue weighted by atomic mass is 10.1. The molecular weight excluding hydrogens is 288 g/mol. The van der Waals surface area contributed by atoms with E-state index in [2.05, 4.69) is 16.9 Å². The van der Waals surface area contributed by atoms with Gasteiger partial charge in [0.15, 0.2) is 0 Å². The fraction of sp³-hybridized carbons (Fsp3) is 0.375. The summed E-state index contributed by atoms with van der Waals surface area (Å²) in [4.78, 5) is 8.96. The molecular formula is C16H19ClN2O2. The number of benzene rings is 1. The van der Waals surface area contributed by atoms with Crippen molar-refractivity contribution >= 4 is 11.6 Å². The van der Waals surface area contributed by atoms with Crippen molar-refractivity contribution in [3.05, 3.63) is 34.7 Å². The molecule has 0 saturated heterocycles. The van der Waals surface area contributed by atoms with Crippen LogP contribution < -0.4 is 9.47 Å². The largest absolute Gasteiger partial charge is 0.497 e. The molecule has 1 heterocycles. The number of rotatable bonds is 5. The van der Waals surface area contributed by atoms with Gasteiger partial charge >= 0.3 is 0 Å². The average molecular weight is 307 g/mol. The van der Waals surface area contributed by atoms with Crippen LogP contribution in [0, 0.1) is 6.92 Å². The Bertz CT molecular complexity index is 622. The summed E-state index contributed by atoms with van der Waals surface area (Å²) in [6.07, 6.45) is 1.77. The predicted octanol–water partition coefficient (Wildman–Crippen LogP) is 4.08. The van der Waals surface area contributed by atoms with Gasteiger partial charge in [0.2, 0.25) is 0 Å². The molecule has 21 heavy (non-hydrogen) atoms. The first kappa shape index (κ1) is 15.6. The zero-order valence-electron chi connectivity index (χ0n) is 12.7. The Balaban J connectivity index is 2.59.